The monoisotopic (exact) mass is 245 g/mol. The third-order valence-corrected chi connectivity index (χ3v) is 3.90. The number of nitrogens with zero attached hydrogens (tertiary/aromatic N) is 2. The maximum Gasteiger partial charge on any atom is 0.237 e. The van der Waals surface area contributed by atoms with Gasteiger partial charge in [-0.2, -0.15) is 0 Å². The third-order valence-electron chi connectivity index (χ3n) is 3.90. The number of pyridine rings is 1. The first-order chi connectivity index (χ1) is 8.58. The first kappa shape index (κ1) is 11.2. The average Bonchev–Trinajstić information content (AvgIpc) is 2.82. The van der Waals surface area contributed by atoms with Gasteiger partial charge >= 0.3 is 0 Å². The fourth-order valence-electron chi connectivity index (χ4n) is 3.06. The molecule has 5 nitrogen and oxygen atoms in total. The van der Waals surface area contributed by atoms with Gasteiger partial charge in [0, 0.05) is 0 Å². The summed E-state index contributed by atoms with van der Waals surface area (Å²) in [6.07, 6.45) is 3.11. The first-order valence-corrected chi connectivity index (χ1v) is 6.17. The van der Waals surface area contributed by atoms with Gasteiger partial charge in [-0.3, -0.25) is 9.59 Å². The van der Waals surface area contributed by atoms with Crippen LogP contribution in [0.2, 0.25) is 0 Å². The molecule has 2 amide bonds. The van der Waals surface area contributed by atoms with Crippen molar-refractivity contribution in [2.75, 3.05) is 10.6 Å². The minimum Gasteiger partial charge on any atom is -0.384 e. The molecule has 1 aliphatic carbocycles. The minimum absolute atomic E-state index is 0.0825. The molecule has 2 aliphatic rings. The zero-order chi connectivity index (χ0) is 12.9. The predicted octanol–water partition coefficient (Wildman–Crippen LogP) is 1.20. The van der Waals surface area contributed by atoms with Crippen molar-refractivity contribution >= 4 is 23.3 Å². The smallest absolute Gasteiger partial charge is 0.237 e. The number of hydrogen-bond acceptors (Lipinski definition) is 4. The van der Waals surface area contributed by atoms with E-state index in [0.29, 0.717) is 17.4 Å². The summed E-state index contributed by atoms with van der Waals surface area (Å²) in [5.41, 5.74) is 6.03. The molecule has 0 bridgehead atoms. The van der Waals surface area contributed by atoms with Gasteiger partial charge in [0.05, 0.1) is 23.7 Å². The van der Waals surface area contributed by atoms with Gasteiger partial charge in [0.25, 0.3) is 0 Å². The van der Waals surface area contributed by atoms with Gasteiger partial charge in [0.15, 0.2) is 0 Å². The number of aromatic nitrogens is 1. The van der Waals surface area contributed by atoms with Crippen LogP contribution in [0.4, 0.5) is 11.5 Å². The number of nitrogens with two attached hydrogens (primary N) is 1. The van der Waals surface area contributed by atoms with Crippen molar-refractivity contribution in [1.29, 1.82) is 0 Å². The SMILES string of the molecule is CC1CC2C(=O)N(c3ccc(N)nc3)C(=O)C2C1. The normalized spacial score (nSPS) is 30.9. The van der Waals surface area contributed by atoms with Gasteiger partial charge in [0.1, 0.15) is 5.82 Å². The third kappa shape index (κ3) is 1.50. The Morgan fingerprint density at radius 3 is 2.33 bits per heavy atom. The molecule has 1 aromatic heterocycles. The van der Waals surface area contributed by atoms with Gasteiger partial charge in [-0.25, -0.2) is 9.88 Å². The number of amides is 2. The van der Waals surface area contributed by atoms with Crippen LogP contribution in [0.5, 0.6) is 0 Å². The van der Waals surface area contributed by atoms with Crippen LogP contribution in [0.3, 0.4) is 0 Å². The van der Waals surface area contributed by atoms with Crippen LogP contribution in [0.15, 0.2) is 18.3 Å². The van der Waals surface area contributed by atoms with Crippen molar-refractivity contribution in [1.82, 2.24) is 4.98 Å². The molecule has 0 spiro atoms. The van der Waals surface area contributed by atoms with Gasteiger partial charge in [-0.15, -0.1) is 0 Å². The fourth-order valence-corrected chi connectivity index (χ4v) is 3.06. The molecular formula is C13H15N3O2. The van der Waals surface area contributed by atoms with Crippen molar-refractivity contribution < 1.29 is 9.59 Å². The number of imide groups is 1. The second kappa shape index (κ2) is 3.80. The van der Waals surface area contributed by atoms with E-state index in [-0.39, 0.29) is 23.7 Å². The van der Waals surface area contributed by atoms with E-state index in [0.717, 1.165) is 12.8 Å². The number of fused-ring (bicyclic) bond motifs is 1. The van der Waals surface area contributed by atoms with Crippen molar-refractivity contribution in [2.24, 2.45) is 17.8 Å². The quantitative estimate of drug-likeness (QED) is 0.754. The summed E-state index contributed by atoms with van der Waals surface area (Å²) in [5, 5.41) is 0. The molecule has 5 heteroatoms. The second-order valence-corrected chi connectivity index (χ2v) is 5.24. The lowest BCUT2D eigenvalue weighted by atomic mass is 10.00. The Kier molecular flexibility index (Phi) is 2.36. The Morgan fingerprint density at radius 1 is 1.22 bits per heavy atom. The number of rotatable bonds is 1. The second-order valence-electron chi connectivity index (χ2n) is 5.24. The Hall–Kier alpha value is -1.91. The maximum atomic E-state index is 12.3. The number of hydrogen-bond donors (Lipinski definition) is 1. The molecule has 2 atom stereocenters. The van der Waals surface area contributed by atoms with Gasteiger partial charge < -0.3 is 5.73 Å². The predicted molar refractivity (Wildman–Crippen MR) is 66.5 cm³/mol. The van der Waals surface area contributed by atoms with Gasteiger partial charge in [-0.05, 0) is 30.9 Å². The van der Waals surface area contributed by atoms with Crippen LogP contribution in [0, 0.1) is 17.8 Å². The van der Waals surface area contributed by atoms with Gasteiger partial charge in [-0.1, -0.05) is 6.92 Å². The van der Waals surface area contributed by atoms with E-state index in [1.54, 1.807) is 12.1 Å². The summed E-state index contributed by atoms with van der Waals surface area (Å²) in [5.74, 6) is 0.406. The molecule has 1 saturated carbocycles. The number of carbonyl (C=O) groups excluding carboxylic acids is 2. The molecule has 2 heterocycles. The molecule has 94 valence electrons. The van der Waals surface area contributed by atoms with Crippen LogP contribution < -0.4 is 10.6 Å². The van der Waals surface area contributed by atoms with Crippen LogP contribution in [-0.2, 0) is 9.59 Å². The standard InChI is InChI=1S/C13H15N3O2/c1-7-4-9-10(5-7)13(18)16(12(9)17)8-2-3-11(14)15-6-8/h2-3,6-7,9-10H,4-5H2,1H3,(H2,14,15). The molecule has 2 unspecified atom stereocenters. The lowest BCUT2D eigenvalue weighted by Gasteiger charge is -2.16. The highest BCUT2D eigenvalue weighted by Crippen LogP contribution is 2.44. The Balaban J connectivity index is 1.93. The fraction of sp³-hybridized carbons (Fsp3) is 0.462. The molecule has 3 rings (SSSR count). The van der Waals surface area contributed by atoms with E-state index < -0.39 is 0 Å². The number of nitrogen functional groups attached to an aromatic ring is 1. The molecule has 2 N–H and O–H groups in total. The van der Waals surface area contributed by atoms with Crippen LogP contribution in [0.1, 0.15) is 19.8 Å². The molecule has 1 aromatic rings. The van der Waals surface area contributed by atoms with E-state index in [9.17, 15) is 9.59 Å². The molecule has 1 aliphatic heterocycles. The summed E-state index contributed by atoms with van der Waals surface area (Å²) in [4.78, 5) is 29.8. The summed E-state index contributed by atoms with van der Waals surface area (Å²) in [6.45, 7) is 2.09. The summed E-state index contributed by atoms with van der Waals surface area (Å²) >= 11 is 0. The molecule has 2 fully saturated rings. The number of anilines is 2. The van der Waals surface area contributed by atoms with E-state index in [2.05, 4.69) is 11.9 Å². The summed E-state index contributed by atoms with van der Waals surface area (Å²) in [6, 6.07) is 3.27. The highest BCUT2D eigenvalue weighted by Gasteiger charge is 2.52. The first-order valence-electron chi connectivity index (χ1n) is 6.17. The zero-order valence-electron chi connectivity index (χ0n) is 10.2. The van der Waals surface area contributed by atoms with E-state index in [4.69, 9.17) is 5.73 Å². The molecule has 0 radical (unpaired) electrons. The lowest BCUT2D eigenvalue weighted by molar-refractivity contribution is -0.123. The number of carbonyl (C=O) groups is 2. The largest absolute Gasteiger partial charge is 0.384 e. The Labute approximate surface area is 105 Å². The van der Waals surface area contributed by atoms with Crippen molar-refractivity contribution in [3.63, 3.8) is 0 Å². The Morgan fingerprint density at radius 2 is 1.83 bits per heavy atom. The molecule has 1 saturated heterocycles. The lowest BCUT2D eigenvalue weighted by Crippen LogP contribution is -2.32. The van der Waals surface area contributed by atoms with E-state index >= 15 is 0 Å². The maximum absolute atomic E-state index is 12.3. The van der Waals surface area contributed by atoms with Crippen LogP contribution in [-0.4, -0.2) is 16.8 Å². The highest BCUT2D eigenvalue weighted by molar-refractivity contribution is 6.22. The topological polar surface area (TPSA) is 76.3 Å². The van der Waals surface area contributed by atoms with E-state index in [1.165, 1.54) is 11.1 Å². The summed E-state index contributed by atoms with van der Waals surface area (Å²) < 4.78 is 0. The Bertz CT molecular complexity index is 487. The zero-order valence-corrected chi connectivity index (χ0v) is 10.2. The van der Waals surface area contributed by atoms with Crippen molar-refractivity contribution in [3.8, 4) is 0 Å². The van der Waals surface area contributed by atoms with E-state index in [1.807, 2.05) is 0 Å². The molecule has 0 aromatic carbocycles. The van der Waals surface area contributed by atoms with Gasteiger partial charge in [0.2, 0.25) is 11.8 Å². The summed E-state index contributed by atoms with van der Waals surface area (Å²) in [7, 11) is 0. The molecule has 18 heavy (non-hydrogen) atoms. The van der Waals surface area contributed by atoms with Crippen molar-refractivity contribution in [2.45, 2.75) is 19.8 Å². The highest BCUT2D eigenvalue weighted by atomic mass is 16.2. The molecular weight excluding hydrogens is 230 g/mol. The minimum atomic E-state index is -0.134. The van der Waals surface area contributed by atoms with Crippen LogP contribution >= 0.6 is 0 Å². The average molecular weight is 245 g/mol. The van der Waals surface area contributed by atoms with Crippen LogP contribution in [0.25, 0.3) is 0 Å². The van der Waals surface area contributed by atoms with Crippen molar-refractivity contribution in [3.05, 3.63) is 18.3 Å².